The minimum atomic E-state index is 0.647. The van der Waals surface area contributed by atoms with Crippen LogP contribution in [-0.4, -0.2) is 19.9 Å². The summed E-state index contributed by atoms with van der Waals surface area (Å²) >= 11 is 1.71. The largest absolute Gasteiger partial charge is 0.363 e. The Hall–Kier alpha value is -2.60. The molecule has 0 atom stereocenters. The monoisotopic (exact) mass is 375 g/mol. The molecule has 1 aliphatic rings. The van der Waals surface area contributed by atoms with Crippen molar-refractivity contribution in [2.75, 3.05) is 5.32 Å². The zero-order valence-corrected chi connectivity index (χ0v) is 16.1. The molecule has 0 unspecified atom stereocenters. The normalized spacial score (nSPS) is 13.4. The number of rotatable bonds is 5. The van der Waals surface area contributed by atoms with Crippen LogP contribution in [0.25, 0.3) is 20.4 Å². The Morgan fingerprint density at radius 3 is 2.89 bits per heavy atom. The molecule has 0 aliphatic heterocycles. The molecule has 4 aromatic heterocycles. The van der Waals surface area contributed by atoms with Crippen LogP contribution in [0.2, 0.25) is 0 Å². The van der Waals surface area contributed by atoms with Gasteiger partial charge < -0.3 is 5.32 Å². The minimum absolute atomic E-state index is 0.647. The molecule has 6 heteroatoms. The van der Waals surface area contributed by atoms with E-state index in [-0.39, 0.29) is 0 Å². The number of hydrogen-bond acceptors (Lipinski definition) is 6. The minimum Gasteiger partial charge on any atom is -0.363 e. The maximum atomic E-state index is 5.04. The summed E-state index contributed by atoms with van der Waals surface area (Å²) in [5.41, 5.74) is 6.28. The van der Waals surface area contributed by atoms with Gasteiger partial charge in [-0.05, 0) is 48.9 Å². The van der Waals surface area contributed by atoms with E-state index in [9.17, 15) is 0 Å². The predicted molar refractivity (Wildman–Crippen MR) is 110 cm³/mol. The molecular formula is C21H21N5S. The molecule has 1 aliphatic carbocycles. The fraction of sp³-hybridized carbons (Fsp3) is 0.333. The van der Waals surface area contributed by atoms with Gasteiger partial charge in [-0.1, -0.05) is 19.4 Å². The summed E-state index contributed by atoms with van der Waals surface area (Å²) in [4.78, 5) is 19.7. The van der Waals surface area contributed by atoms with Crippen LogP contribution in [0.15, 0.2) is 30.7 Å². The molecule has 0 radical (unpaired) electrons. The Morgan fingerprint density at radius 1 is 1.11 bits per heavy atom. The molecule has 4 heterocycles. The maximum Gasteiger partial charge on any atom is 0.147 e. The van der Waals surface area contributed by atoms with Crippen molar-refractivity contribution in [2.24, 2.45) is 0 Å². The first-order chi connectivity index (χ1) is 13.3. The lowest BCUT2D eigenvalue weighted by molar-refractivity contribution is 0.856. The molecule has 27 heavy (non-hydrogen) atoms. The van der Waals surface area contributed by atoms with Crippen molar-refractivity contribution < 1.29 is 0 Å². The Bertz CT molecular complexity index is 1120. The Kier molecular flexibility index (Phi) is 4.20. The number of fused-ring (bicyclic) bond motifs is 5. The number of thiophene rings is 1. The van der Waals surface area contributed by atoms with E-state index in [0.29, 0.717) is 6.54 Å². The van der Waals surface area contributed by atoms with Crippen molar-refractivity contribution >= 4 is 37.6 Å². The standard InChI is InChI=1S/C21H21N5S/c1-2-6-16-14-8-5-9-15(14)17-18-19(27-21(17)26-16)20(25-12-24-18)23-11-13-7-3-4-10-22-13/h3-4,7,10,12H,2,5-6,8-9,11H2,1H3,(H,23,24,25). The van der Waals surface area contributed by atoms with Gasteiger partial charge in [-0.15, -0.1) is 11.3 Å². The highest BCUT2D eigenvalue weighted by Crippen LogP contribution is 2.41. The quantitative estimate of drug-likeness (QED) is 0.548. The molecule has 4 aromatic rings. The van der Waals surface area contributed by atoms with E-state index in [4.69, 9.17) is 4.98 Å². The molecule has 0 spiro atoms. The van der Waals surface area contributed by atoms with E-state index in [1.54, 1.807) is 17.7 Å². The van der Waals surface area contributed by atoms with Crippen LogP contribution < -0.4 is 5.32 Å². The summed E-state index contributed by atoms with van der Waals surface area (Å²) in [6.45, 7) is 2.87. The average molecular weight is 376 g/mol. The van der Waals surface area contributed by atoms with Crippen molar-refractivity contribution in [3.8, 4) is 0 Å². The lowest BCUT2D eigenvalue weighted by Gasteiger charge is -2.08. The predicted octanol–water partition coefficient (Wildman–Crippen LogP) is 4.69. The maximum absolute atomic E-state index is 5.04. The Labute approximate surface area is 161 Å². The second kappa shape index (κ2) is 6.85. The molecule has 0 aromatic carbocycles. The summed E-state index contributed by atoms with van der Waals surface area (Å²) in [7, 11) is 0. The Balaban J connectivity index is 1.62. The molecule has 0 saturated carbocycles. The van der Waals surface area contributed by atoms with Crippen LogP contribution in [0.1, 0.15) is 42.3 Å². The van der Waals surface area contributed by atoms with Crippen molar-refractivity contribution in [2.45, 2.75) is 45.6 Å². The zero-order chi connectivity index (χ0) is 18.2. The highest BCUT2D eigenvalue weighted by atomic mass is 32.1. The van der Waals surface area contributed by atoms with Gasteiger partial charge in [-0.25, -0.2) is 15.0 Å². The van der Waals surface area contributed by atoms with E-state index in [1.807, 2.05) is 24.4 Å². The number of aromatic nitrogens is 4. The van der Waals surface area contributed by atoms with Gasteiger partial charge in [-0.3, -0.25) is 4.98 Å². The van der Waals surface area contributed by atoms with E-state index in [2.05, 4.69) is 27.2 Å². The number of pyridine rings is 2. The van der Waals surface area contributed by atoms with Crippen LogP contribution in [0.4, 0.5) is 5.82 Å². The molecule has 0 bridgehead atoms. The molecular weight excluding hydrogens is 354 g/mol. The van der Waals surface area contributed by atoms with Crippen LogP contribution >= 0.6 is 11.3 Å². The van der Waals surface area contributed by atoms with Crippen LogP contribution in [0, 0.1) is 0 Å². The smallest absolute Gasteiger partial charge is 0.147 e. The number of hydrogen-bond donors (Lipinski definition) is 1. The van der Waals surface area contributed by atoms with Gasteiger partial charge in [0, 0.05) is 17.3 Å². The fourth-order valence-electron chi connectivity index (χ4n) is 4.02. The van der Waals surface area contributed by atoms with Crippen LogP contribution in [0.3, 0.4) is 0 Å². The summed E-state index contributed by atoms with van der Waals surface area (Å²) in [6.07, 6.45) is 9.18. The van der Waals surface area contributed by atoms with Gasteiger partial charge in [-0.2, -0.15) is 0 Å². The van der Waals surface area contributed by atoms with Crippen molar-refractivity contribution in [1.29, 1.82) is 0 Å². The molecule has 0 amide bonds. The molecule has 0 saturated heterocycles. The van der Waals surface area contributed by atoms with Crippen LogP contribution in [-0.2, 0) is 25.8 Å². The number of nitrogens with one attached hydrogen (secondary N) is 1. The van der Waals surface area contributed by atoms with E-state index in [1.165, 1.54) is 28.6 Å². The van der Waals surface area contributed by atoms with E-state index in [0.717, 1.165) is 52.2 Å². The summed E-state index contributed by atoms with van der Waals surface area (Å²) < 4.78 is 1.10. The number of anilines is 1. The van der Waals surface area contributed by atoms with E-state index >= 15 is 0 Å². The first kappa shape index (κ1) is 16.6. The van der Waals surface area contributed by atoms with Gasteiger partial charge in [0.1, 0.15) is 17.0 Å². The summed E-state index contributed by atoms with van der Waals surface area (Å²) in [6, 6.07) is 5.95. The molecule has 5 rings (SSSR count). The highest BCUT2D eigenvalue weighted by Gasteiger charge is 2.23. The van der Waals surface area contributed by atoms with Gasteiger partial charge in [0.05, 0.1) is 22.5 Å². The summed E-state index contributed by atoms with van der Waals surface area (Å²) in [5, 5.41) is 4.70. The molecule has 5 nitrogen and oxygen atoms in total. The summed E-state index contributed by atoms with van der Waals surface area (Å²) in [5.74, 6) is 0.873. The second-order valence-corrected chi connectivity index (χ2v) is 7.98. The third kappa shape index (κ3) is 2.84. The first-order valence-electron chi connectivity index (χ1n) is 9.56. The van der Waals surface area contributed by atoms with Crippen molar-refractivity contribution in [1.82, 2.24) is 19.9 Å². The van der Waals surface area contributed by atoms with Gasteiger partial charge in [0.2, 0.25) is 0 Å². The lowest BCUT2D eigenvalue weighted by Crippen LogP contribution is -2.03. The van der Waals surface area contributed by atoms with Crippen molar-refractivity contribution in [3.63, 3.8) is 0 Å². The molecule has 136 valence electrons. The lowest BCUT2D eigenvalue weighted by atomic mass is 10.0. The Morgan fingerprint density at radius 2 is 2.04 bits per heavy atom. The average Bonchev–Trinajstić information content (AvgIpc) is 3.32. The van der Waals surface area contributed by atoms with Gasteiger partial charge in [0.15, 0.2) is 0 Å². The molecule has 0 fully saturated rings. The SMILES string of the molecule is CCCc1nc2sc3c(NCc4ccccn4)ncnc3c2c2c1CCC2. The number of nitrogens with zero attached hydrogens (tertiary/aromatic N) is 4. The molecule has 1 N–H and O–H groups in total. The van der Waals surface area contributed by atoms with Gasteiger partial charge >= 0.3 is 0 Å². The number of aryl methyl sites for hydroxylation is 2. The third-order valence-corrected chi connectivity index (χ3v) is 6.29. The van der Waals surface area contributed by atoms with E-state index < -0.39 is 0 Å². The highest BCUT2D eigenvalue weighted by molar-refractivity contribution is 7.26. The topological polar surface area (TPSA) is 63.6 Å². The third-order valence-electron chi connectivity index (χ3n) is 5.21. The second-order valence-electron chi connectivity index (χ2n) is 6.98. The fourth-order valence-corrected chi connectivity index (χ4v) is 5.17. The van der Waals surface area contributed by atoms with Crippen molar-refractivity contribution in [3.05, 3.63) is 53.2 Å². The van der Waals surface area contributed by atoms with Gasteiger partial charge in [0.25, 0.3) is 0 Å². The first-order valence-corrected chi connectivity index (χ1v) is 10.4. The van der Waals surface area contributed by atoms with Crippen LogP contribution in [0.5, 0.6) is 0 Å². The zero-order valence-electron chi connectivity index (χ0n) is 15.3.